The van der Waals surface area contributed by atoms with Gasteiger partial charge in [-0.1, -0.05) is 12.1 Å². The predicted octanol–water partition coefficient (Wildman–Crippen LogP) is 5.29. The van der Waals surface area contributed by atoms with Crippen LogP contribution in [0, 0.1) is 17.6 Å². The molecular weight excluding hydrogens is 809 g/mol. The van der Waals surface area contributed by atoms with Crippen molar-refractivity contribution in [1.82, 2.24) is 25.3 Å². The fourth-order valence-electron chi connectivity index (χ4n) is 9.69. The van der Waals surface area contributed by atoms with Crippen LogP contribution in [0.1, 0.15) is 63.1 Å². The number of amides is 4. The van der Waals surface area contributed by atoms with Gasteiger partial charge in [0.05, 0.1) is 11.1 Å². The van der Waals surface area contributed by atoms with Crippen molar-refractivity contribution < 1.29 is 32.7 Å². The summed E-state index contributed by atoms with van der Waals surface area (Å²) in [6.45, 7) is 7.99. The zero-order valence-corrected chi connectivity index (χ0v) is 34.8. The van der Waals surface area contributed by atoms with Gasteiger partial charge in [0.15, 0.2) is 5.82 Å². The number of benzene rings is 4. The molecule has 5 aliphatic rings. The lowest BCUT2D eigenvalue weighted by molar-refractivity contribution is -0.136. The Hall–Kier alpha value is -6.39. The molecule has 4 fully saturated rings. The second-order valence-electron chi connectivity index (χ2n) is 17.4. The fraction of sp³-hybridized carbons (Fsp3) is 0.383. The van der Waals surface area contributed by atoms with Gasteiger partial charge in [-0.15, -0.1) is 0 Å². The number of ether oxygens (including phenoxy) is 1. The van der Waals surface area contributed by atoms with Crippen molar-refractivity contribution in [3.05, 3.63) is 112 Å². The average Bonchev–Trinajstić information content (AvgIpc) is 3.81. The standard InChI is InChI=1S/C47H49F2N9O5/c48-32-18-29(19-33(49)21-32)17-28-1-6-40-39(20-28)44(54-53-40)52-45(60)37-5-4-36(23-41(37)50-34-9-15-63-16-10-34)56-13-11-55(12-14-56)24-30-25-57(26-30)35-3-2-31-27-58(47(62)38(31)22-35)42-7-8-43(59)51-46(42)61/h1-6,18-23,30,34,42,50H,7-17,24-27H2,(H,51,59,61)(H2,52,53,54,60). The molecule has 1 atom stereocenters. The Bertz CT molecular complexity index is 2580. The van der Waals surface area contributed by atoms with Crippen molar-refractivity contribution in [2.24, 2.45) is 5.92 Å². The summed E-state index contributed by atoms with van der Waals surface area (Å²) in [5.74, 6) is -1.53. The number of carbonyl (C=O) groups is 4. The van der Waals surface area contributed by atoms with E-state index in [2.05, 4.69) is 53.0 Å². The van der Waals surface area contributed by atoms with Gasteiger partial charge >= 0.3 is 0 Å². The molecular formula is C47H49F2N9O5. The normalized spacial score (nSPS) is 19.9. The monoisotopic (exact) mass is 857 g/mol. The number of carbonyl (C=O) groups excluding carboxylic acids is 4. The molecule has 63 heavy (non-hydrogen) atoms. The van der Waals surface area contributed by atoms with E-state index in [0.717, 1.165) is 98.4 Å². The minimum Gasteiger partial charge on any atom is -0.381 e. The number of aromatic amines is 1. The number of nitrogens with zero attached hydrogens (tertiary/aromatic N) is 5. The van der Waals surface area contributed by atoms with E-state index in [4.69, 9.17) is 4.74 Å². The summed E-state index contributed by atoms with van der Waals surface area (Å²) < 4.78 is 33.4. The molecule has 1 aromatic heterocycles. The first-order valence-electron chi connectivity index (χ1n) is 21.8. The Labute approximate surface area is 362 Å². The summed E-state index contributed by atoms with van der Waals surface area (Å²) in [6.07, 6.45) is 2.56. The molecule has 4 amide bonds. The van der Waals surface area contributed by atoms with E-state index in [9.17, 15) is 28.0 Å². The molecule has 326 valence electrons. The number of piperazine rings is 1. The minimum atomic E-state index is -0.628. The number of hydrogen-bond donors (Lipinski definition) is 4. The van der Waals surface area contributed by atoms with Gasteiger partial charge in [-0.05, 0) is 97.0 Å². The summed E-state index contributed by atoms with van der Waals surface area (Å²) in [5, 5.41) is 17.1. The average molecular weight is 858 g/mol. The fourth-order valence-corrected chi connectivity index (χ4v) is 9.69. The van der Waals surface area contributed by atoms with Crippen LogP contribution >= 0.6 is 0 Å². The highest BCUT2D eigenvalue weighted by atomic mass is 19.1. The van der Waals surface area contributed by atoms with Crippen LogP contribution in [0.4, 0.5) is 31.7 Å². The van der Waals surface area contributed by atoms with Crippen molar-refractivity contribution in [1.29, 1.82) is 0 Å². The molecule has 14 nitrogen and oxygen atoms in total. The maximum Gasteiger partial charge on any atom is 0.258 e. The summed E-state index contributed by atoms with van der Waals surface area (Å²) in [6, 6.07) is 20.6. The molecule has 10 rings (SSSR count). The van der Waals surface area contributed by atoms with Crippen LogP contribution in [0.3, 0.4) is 0 Å². The molecule has 0 aliphatic carbocycles. The number of rotatable bonds is 11. The van der Waals surface area contributed by atoms with Crippen molar-refractivity contribution in [2.45, 2.75) is 50.7 Å². The lowest BCUT2D eigenvalue weighted by Gasteiger charge is -2.45. The highest BCUT2D eigenvalue weighted by molar-refractivity contribution is 6.11. The van der Waals surface area contributed by atoms with Gasteiger partial charge in [-0.3, -0.25) is 34.5 Å². The maximum absolute atomic E-state index is 14.0. The number of halogens is 2. The number of H-pyrrole nitrogens is 1. The third kappa shape index (κ3) is 8.56. The Morgan fingerprint density at radius 1 is 0.825 bits per heavy atom. The van der Waals surface area contributed by atoms with E-state index in [1.165, 1.54) is 12.1 Å². The Balaban J connectivity index is 0.761. The van der Waals surface area contributed by atoms with E-state index < -0.39 is 23.6 Å². The van der Waals surface area contributed by atoms with Gasteiger partial charge in [0.1, 0.15) is 17.7 Å². The Kier molecular flexibility index (Phi) is 11.0. The number of imide groups is 1. The molecule has 6 heterocycles. The number of aromatic nitrogens is 2. The molecule has 16 heteroatoms. The molecule has 5 aromatic rings. The molecule has 4 aromatic carbocycles. The zero-order chi connectivity index (χ0) is 43.2. The topological polar surface area (TPSA) is 155 Å². The molecule has 4 saturated heterocycles. The lowest BCUT2D eigenvalue weighted by Crippen LogP contribution is -2.55. The first-order chi connectivity index (χ1) is 30.6. The highest BCUT2D eigenvalue weighted by Gasteiger charge is 2.40. The molecule has 0 radical (unpaired) electrons. The van der Waals surface area contributed by atoms with Gasteiger partial charge in [0.2, 0.25) is 11.8 Å². The smallest absolute Gasteiger partial charge is 0.258 e. The second-order valence-corrected chi connectivity index (χ2v) is 17.4. The molecule has 0 saturated carbocycles. The van der Waals surface area contributed by atoms with Crippen LogP contribution in [0.25, 0.3) is 10.9 Å². The SMILES string of the molecule is O=C1CCC(N2Cc3ccc(N4CC(CN5CCN(c6ccc(C(=O)Nc7n[nH]c8ccc(Cc9cc(F)cc(F)c9)cc78)c(NC7CCOCC7)c6)CC5)C4)cc3C2=O)C(=O)N1. The first kappa shape index (κ1) is 40.7. The van der Waals surface area contributed by atoms with Crippen LogP contribution in [0.2, 0.25) is 0 Å². The van der Waals surface area contributed by atoms with Gasteiger partial charge in [0, 0.05) is 118 Å². The largest absolute Gasteiger partial charge is 0.381 e. The lowest BCUT2D eigenvalue weighted by atomic mass is 9.97. The quantitative estimate of drug-likeness (QED) is 0.129. The van der Waals surface area contributed by atoms with E-state index in [0.29, 0.717) is 66.4 Å². The van der Waals surface area contributed by atoms with Crippen LogP contribution < -0.4 is 25.8 Å². The number of nitrogens with one attached hydrogen (secondary N) is 4. The Morgan fingerprint density at radius 2 is 1.59 bits per heavy atom. The minimum absolute atomic E-state index is 0.154. The van der Waals surface area contributed by atoms with Crippen LogP contribution in [-0.4, -0.2) is 115 Å². The van der Waals surface area contributed by atoms with Gasteiger partial charge in [-0.25, -0.2) is 8.78 Å². The summed E-state index contributed by atoms with van der Waals surface area (Å²) in [4.78, 5) is 60.3. The van der Waals surface area contributed by atoms with Gasteiger partial charge < -0.3 is 30.1 Å². The van der Waals surface area contributed by atoms with E-state index >= 15 is 0 Å². The van der Waals surface area contributed by atoms with E-state index in [1.54, 1.807) is 4.90 Å². The van der Waals surface area contributed by atoms with Crippen LogP contribution in [-0.2, 0) is 27.3 Å². The number of anilines is 4. The number of piperidine rings is 1. The Morgan fingerprint density at radius 3 is 2.37 bits per heavy atom. The number of hydrogen-bond acceptors (Lipinski definition) is 10. The van der Waals surface area contributed by atoms with Crippen LogP contribution in [0.15, 0.2) is 72.8 Å². The van der Waals surface area contributed by atoms with Gasteiger partial charge in [0.25, 0.3) is 11.8 Å². The maximum atomic E-state index is 14.0. The van der Waals surface area contributed by atoms with Crippen molar-refractivity contribution >= 4 is 57.4 Å². The molecule has 5 aliphatic heterocycles. The third-order valence-corrected chi connectivity index (χ3v) is 13.1. The summed E-state index contributed by atoms with van der Waals surface area (Å²) in [7, 11) is 0. The zero-order valence-electron chi connectivity index (χ0n) is 34.8. The highest BCUT2D eigenvalue weighted by Crippen LogP contribution is 2.34. The van der Waals surface area contributed by atoms with Crippen LogP contribution in [0.5, 0.6) is 0 Å². The summed E-state index contributed by atoms with van der Waals surface area (Å²) in [5.41, 5.74) is 6.90. The first-order valence-corrected chi connectivity index (χ1v) is 21.8. The molecule has 1 unspecified atom stereocenters. The van der Waals surface area contributed by atoms with E-state index in [1.807, 2.05) is 42.5 Å². The third-order valence-electron chi connectivity index (χ3n) is 13.1. The second kappa shape index (κ2) is 17.1. The van der Waals surface area contributed by atoms with E-state index in [-0.39, 0.29) is 30.2 Å². The van der Waals surface area contributed by atoms with Gasteiger partial charge in [-0.2, -0.15) is 5.10 Å². The van der Waals surface area contributed by atoms with Crippen molar-refractivity contribution in [3.63, 3.8) is 0 Å². The van der Waals surface area contributed by atoms with Crippen molar-refractivity contribution in [3.8, 4) is 0 Å². The molecule has 0 bridgehead atoms. The summed E-state index contributed by atoms with van der Waals surface area (Å²) >= 11 is 0. The number of fused-ring (bicyclic) bond motifs is 2. The predicted molar refractivity (Wildman–Crippen MR) is 234 cm³/mol. The van der Waals surface area contributed by atoms with Crippen molar-refractivity contribution in [2.75, 3.05) is 79.5 Å². The molecule has 4 N–H and O–H groups in total. The molecule has 0 spiro atoms.